The van der Waals surface area contributed by atoms with E-state index >= 15 is 0 Å². The van der Waals surface area contributed by atoms with Crippen LogP contribution in [0.3, 0.4) is 0 Å². The lowest BCUT2D eigenvalue weighted by Gasteiger charge is -2.20. The predicted molar refractivity (Wildman–Crippen MR) is 89.0 cm³/mol. The van der Waals surface area contributed by atoms with Gasteiger partial charge in [0.25, 0.3) is 0 Å². The number of hydrogen-bond acceptors (Lipinski definition) is 6. The first kappa shape index (κ1) is 16.4. The normalized spacial score (nSPS) is 11.9. The van der Waals surface area contributed by atoms with Crippen molar-refractivity contribution in [2.24, 2.45) is 0 Å². The maximum Gasteiger partial charge on any atom is 0.176 e. The maximum atomic E-state index is 4.57. The van der Waals surface area contributed by atoms with Gasteiger partial charge in [-0.15, -0.1) is 0 Å². The van der Waals surface area contributed by atoms with Crippen molar-refractivity contribution in [3.8, 4) is 0 Å². The number of aryl methyl sites for hydroxylation is 2. The van der Waals surface area contributed by atoms with Crippen LogP contribution in [0.25, 0.3) is 0 Å². The number of pyridine rings is 1. The Kier molecular flexibility index (Phi) is 5.35. The molecule has 0 aliphatic carbocycles. The van der Waals surface area contributed by atoms with Gasteiger partial charge >= 0.3 is 0 Å². The monoisotopic (exact) mass is 322 g/mol. The van der Waals surface area contributed by atoms with Gasteiger partial charge in [-0.1, -0.05) is 13.0 Å². The van der Waals surface area contributed by atoms with Crippen LogP contribution in [-0.2, 0) is 13.0 Å². The molecule has 0 fully saturated rings. The van der Waals surface area contributed by atoms with Crippen molar-refractivity contribution in [2.75, 3.05) is 0 Å². The Balaban J connectivity index is 2.05. The molecule has 0 bridgehead atoms. The van der Waals surface area contributed by atoms with Crippen LogP contribution in [-0.4, -0.2) is 19.9 Å². The summed E-state index contributed by atoms with van der Waals surface area (Å²) < 4.78 is 5.27. The summed E-state index contributed by atoms with van der Waals surface area (Å²) in [6.45, 7) is 11.5. The van der Waals surface area contributed by atoms with Gasteiger partial charge in [-0.2, -0.15) is 4.37 Å². The van der Waals surface area contributed by atoms with E-state index in [0.29, 0.717) is 0 Å². The van der Waals surface area contributed by atoms with Crippen molar-refractivity contribution in [3.05, 3.63) is 29.2 Å². The quantitative estimate of drug-likeness (QED) is 0.906. The summed E-state index contributed by atoms with van der Waals surface area (Å²) in [4.78, 5) is 9.05. The highest BCUT2D eigenvalue weighted by Gasteiger charge is 2.11. The van der Waals surface area contributed by atoms with Gasteiger partial charge < -0.3 is 5.32 Å². The van der Waals surface area contributed by atoms with Gasteiger partial charge in [0.05, 0.1) is 0 Å². The molecule has 0 saturated carbocycles. The standard InChI is InChI=1S/C15H22N4S2/c1-6-12-18-14(21-19-12)20-13-10(2)7-11(8-16-13)9-17-15(3,4)5/h7-8,17H,6,9H2,1-5H3. The van der Waals surface area contributed by atoms with Gasteiger partial charge in [-0.05, 0) is 62.1 Å². The first-order valence-corrected chi connectivity index (χ1v) is 8.67. The average molecular weight is 323 g/mol. The van der Waals surface area contributed by atoms with Crippen LogP contribution in [0, 0.1) is 6.92 Å². The van der Waals surface area contributed by atoms with Crippen LogP contribution in [0.5, 0.6) is 0 Å². The van der Waals surface area contributed by atoms with Crippen LogP contribution in [0.15, 0.2) is 21.6 Å². The minimum absolute atomic E-state index is 0.116. The smallest absolute Gasteiger partial charge is 0.176 e. The molecule has 0 spiro atoms. The molecule has 2 aromatic heterocycles. The van der Waals surface area contributed by atoms with Gasteiger partial charge in [-0.3, -0.25) is 0 Å². The van der Waals surface area contributed by atoms with Crippen LogP contribution >= 0.6 is 23.3 Å². The Hall–Kier alpha value is -0.980. The third-order valence-electron chi connectivity index (χ3n) is 2.86. The van der Waals surface area contributed by atoms with E-state index in [1.54, 1.807) is 11.8 Å². The highest BCUT2D eigenvalue weighted by molar-refractivity contribution is 8.00. The van der Waals surface area contributed by atoms with Crippen LogP contribution in [0.2, 0.25) is 0 Å². The molecule has 21 heavy (non-hydrogen) atoms. The SMILES string of the molecule is CCc1nsc(Sc2ncc(CNC(C)(C)C)cc2C)n1. The summed E-state index contributed by atoms with van der Waals surface area (Å²) in [6.07, 6.45) is 2.82. The lowest BCUT2D eigenvalue weighted by Crippen LogP contribution is -2.35. The van der Waals surface area contributed by atoms with Gasteiger partial charge in [0.2, 0.25) is 0 Å². The van der Waals surface area contributed by atoms with E-state index in [1.165, 1.54) is 22.7 Å². The highest BCUT2D eigenvalue weighted by atomic mass is 32.2. The molecule has 0 unspecified atom stereocenters. The fourth-order valence-corrected chi connectivity index (χ4v) is 3.34. The predicted octanol–water partition coefficient (Wildman–Crippen LogP) is 3.84. The zero-order valence-corrected chi connectivity index (χ0v) is 14.9. The van der Waals surface area contributed by atoms with Gasteiger partial charge in [0.1, 0.15) is 10.9 Å². The first-order chi connectivity index (χ1) is 9.87. The Labute approximate surface area is 135 Å². The largest absolute Gasteiger partial charge is 0.308 e. The van der Waals surface area contributed by atoms with Crippen LogP contribution in [0.4, 0.5) is 0 Å². The lowest BCUT2D eigenvalue weighted by molar-refractivity contribution is 0.424. The van der Waals surface area contributed by atoms with Crippen molar-refractivity contribution in [3.63, 3.8) is 0 Å². The number of nitrogens with one attached hydrogen (secondary N) is 1. The second kappa shape index (κ2) is 6.85. The van der Waals surface area contributed by atoms with Crippen molar-refractivity contribution in [1.82, 2.24) is 19.7 Å². The van der Waals surface area contributed by atoms with E-state index in [1.807, 2.05) is 6.20 Å². The Morgan fingerprint density at radius 2 is 2.10 bits per heavy atom. The fraction of sp³-hybridized carbons (Fsp3) is 0.533. The molecule has 4 nitrogen and oxygen atoms in total. The van der Waals surface area contributed by atoms with E-state index in [2.05, 4.69) is 60.3 Å². The summed E-state index contributed by atoms with van der Waals surface area (Å²) in [5.41, 5.74) is 2.50. The fourth-order valence-electron chi connectivity index (χ4n) is 1.70. The molecule has 1 N–H and O–H groups in total. The van der Waals surface area contributed by atoms with Gasteiger partial charge in [0, 0.05) is 24.7 Å². The van der Waals surface area contributed by atoms with Crippen molar-refractivity contribution in [2.45, 2.75) is 62.5 Å². The molecule has 0 aliphatic rings. The second-order valence-corrected chi connectivity index (χ2v) is 7.99. The molecule has 2 aromatic rings. The van der Waals surface area contributed by atoms with E-state index in [-0.39, 0.29) is 5.54 Å². The number of rotatable bonds is 5. The van der Waals surface area contributed by atoms with E-state index in [4.69, 9.17) is 0 Å². The summed E-state index contributed by atoms with van der Waals surface area (Å²) in [5, 5.41) is 4.49. The molecule has 6 heteroatoms. The summed E-state index contributed by atoms with van der Waals surface area (Å²) in [5.74, 6) is 0.908. The lowest BCUT2D eigenvalue weighted by atomic mass is 10.1. The molecule has 0 aromatic carbocycles. The maximum absolute atomic E-state index is 4.57. The van der Waals surface area contributed by atoms with Crippen molar-refractivity contribution >= 4 is 23.3 Å². The molecule has 0 saturated heterocycles. The summed E-state index contributed by atoms with van der Waals surface area (Å²) >= 11 is 3.04. The van der Waals surface area contributed by atoms with Gasteiger partial charge in [-0.25, -0.2) is 9.97 Å². The molecule has 0 aliphatic heterocycles. The van der Waals surface area contributed by atoms with Gasteiger partial charge in [0.15, 0.2) is 4.34 Å². The Morgan fingerprint density at radius 3 is 2.67 bits per heavy atom. The minimum atomic E-state index is 0.116. The average Bonchev–Trinajstić information content (AvgIpc) is 2.86. The zero-order valence-electron chi connectivity index (χ0n) is 13.2. The third kappa shape index (κ3) is 5.05. The minimum Gasteiger partial charge on any atom is -0.308 e. The van der Waals surface area contributed by atoms with Crippen molar-refractivity contribution in [1.29, 1.82) is 0 Å². The van der Waals surface area contributed by atoms with Crippen LogP contribution in [0.1, 0.15) is 44.6 Å². The first-order valence-electron chi connectivity index (χ1n) is 7.08. The number of hydrogen-bond donors (Lipinski definition) is 1. The molecule has 2 rings (SSSR count). The van der Waals surface area contributed by atoms with Crippen molar-refractivity contribution < 1.29 is 0 Å². The molecule has 0 amide bonds. The molecular formula is C15H22N4S2. The number of nitrogens with zero attached hydrogens (tertiary/aromatic N) is 3. The Morgan fingerprint density at radius 1 is 1.33 bits per heavy atom. The molecule has 2 heterocycles. The molecule has 114 valence electrons. The molecule has 0 radical (unpaired) electrons. The zero-order chi connectivity index (χ0) is 15.5. The topological polar surface area (TPSA) is 50.7 Å². The summed E-state index contributed by atoms with van der Waals surface area (Å²) in [6, 6.07) is 2.19. The second-order valence-electron chi connectivity index (χ2n) is 6.00. The number of aromatic nitrogens is 3. The molecule has 0 atom stereocenters. The highest BCUT2D eigenvalue weighted by Crippen LogP contribution is 2.30. The summed E-state index contributed by atoms with van der Waals surface area (Å²) in [7, 11) is 0. The molecular weight excluding hydrogens is 300 g/mol. The third-order valence-corrected chi connectivity index (χ3v) is 4.77. The van der Waals surface area contributed by atoms with E-state index < -0.39 is 0 Å². The Bertz CT molecular complexity index is 602. The van der Waals surface area contributed by atoms with E-state index in [0.717, 1.165) is 28.2 Å². The van der Waals surface area contributed by atoms with Crippen LogP contribution < -0.4 is 5.32 Å². The van der Waals surface area contributed by atoms with E-state index in [9.17, 15) is 0 Å².